The van der Waals surface area contributed by atoms with Gasteiger partial charge in [0.05, 0.1) is 12.4 Å². The van der Waals surface area contributed by atoms with Crippen molar-refractivity contribution in [3.8, 4) is 0 Å². The maximum atomic E-state index is 11.8. The number of rotatable bonds is 4. The van der Waals surface area contributed by atoms with E-state index in [4.69, 9.17) is 5.84 Å². The summed E-state index contributed by atoms with van der Waals surface area (Å²) in [7, 11) is 0. The van der Waals surface area contributed by atoms with Crippen molar-refractivity contribution >= 4 is 35.2 Å². The number of nitrogens with two attached hydrogens (primary N) is 1. The van der Waals surface area contributed by atoms with Crippen LogP contribution in [-0.2, 0) is 0 Å². The van der Waals surface area contributed by atoms with Crippen molar-refractivity contribution in [1.29, 1.82) is 0 Å². The lowest BCUT2D eigenvalue weighted by molar-refractivity contribution is 0.0949. The fraction of sp³-hybridized carbons (Fsp3) is 0.500. The molecule has 2 rings (SSSR count). The molecule has 4 N–H and O–H groups in total. The van der Waals surface area contributed by atoms with Crippen molar-refractivity contribution in [2.24, 2.45) is 5.84 Å². The number of hydrogen-bond acceptors (Lipinski definition) is 7. The molecular weight excluding hydrogens is 270 g/mol. The molecule has 98 valence electrons. The Hall–Kier alpha value is -0.990. The largest absolute Gasteiger partial charge is 0.350 e. The number of nitrogen functional groups attached to an aromatic ring is 1. The van der Waals surface area contributed by atoms with Gasteiger partial charge in [0.2, 0.25) is 0 Å². The van der Waals surface area contributed by atoms with E-state index in [9.17, 15) is 4.79 Å². The highest BCUT2D eigenvalue weighted by molar-refractivity contribution is 8.06. The van der Waals surface area contributed by atoms with Gasteiger partial charge in [0, 0.05) is 29.1 Å². The normalized spacial score (nSPS) is 19.3. The molecule has 1 unspecified atom stereocenters. The van der Waals surface area contributed by atoms with Crippen LogP contribution in [0.4, 0.5) is 5.82 Å². The van der Waals surface area contributed by atoms with E-state index in [1.165, 1.54) is 18.1 Å². The lowest BCUT2D eigenvalue weighted by Gasteiger charge is -2.20. The Bertz CT molecular complexity index is 394. The Kier molecular flexibility index (Phi) is 5.09. The van der Waals surface area contributed by atoms with E-state index in [-0.39, 0.29) is 5.91 Å². The molecular formula is C10H15N5OS2. The number of thioether (sulfide) groups is 2. The Morgan fingerprint density at radius 3 is 2.94 bits per heavy atom. The van der Waals surface area contributed by atoms with E-state index in [2.05, 4.69) is 20.7 Å². The molecule has 2 heterocycles. The van der Waals surface area contributed by atoms with Crippen LogP contribution < -0.4 is 16.6 Å². The summed E-state index contributed by atoms with van der Waals surface area (Å²) >= 11 is 3.84. The van der Waals surface area contributed by atoms with Gasteiger partial charge in [0.25, 0.3) is 5.91 Å². The molecule has 0 spiro atoms. The van der Waals surface area contributed by atoms with E-state index < -0.39 is 0 Å². The van der Waals surface area contributed by atoms with Crippen molar-refractivity contribution in [2.45, 2.75) is 5.25 Å². The molecule has 0 aromatic carbocycles. The summed E-state index contributed by atoms with van der Waals surface area (Å²) in [5.74, 6) is 8.86. The molecule has 0 radical (unpaired) electrons. The Labute approximate surface area is 114 Å². The van der Waals surface area contributed by atoms with Gasteiger partial charge in [-0.3, -0.25) is 4.79 Å². The number of hydrazine groups is 1. The molecule has 0 bridgehead atoms. The smallest absolute Gasteiger partial charge is 0.271 e. The van der Waals surface area contributed by atoms with Gasteiger partial charge in [-0.1, -0.05) is 0 Å². The minimum absolute atomic E-state index is 0.192. The molecule has 1 aromatic rings. The molecule has 1 fully saturated rings. The first-order valence-electron chi connectivity index (χ1n) is 5.56. The molecule has 0 aliphatic carbocycles. The number of nitrogens with one attached hydrogen (secondary N) is 2. The van der Waals surface area contributed by atoms with Crippen LogP contribution in [0.3, 0.4) is 0 Å². The average molecular weight is 285 g/mol. The zero-order valence-corrected chi connectivity index (χ0v) is 11.4. The Morgan fingerprint density at radius 2 is 2.33 bits per heavy atom. The summed E-state index contributed by atoms with van der Waals surface area (Å²) in [6.07, 6.45) is 2.84. The molecule has 1 atom stereocenters. The van der Waals surface area contributed by atoms with Crippen LogP contribution in [0.2, 0.25) is 0 Å². The maximum Gasteiger partial charge on any atom is 0.271 e. The third kappa shape index (κ3) is 3.76. The van der Waals surface area contributed by atoms with Gasteiger partial charge in [0.15, 0.2) is 5.82 Å². The number of anilines is 1. The monoisotopic (exact) mass is 285 g/mol. The van der Waals surface area contributed by atoms with Crippen LogP contribution in [0.15, 0.2) is 12.4 Å². The number of amides is 1. The summed E-state index contributed by atoms with van der Waals surface area (Å²) in [6, 6.07) is 0. The Morgan fingerprint density at radius 1 is 1.44 bits per heavy atom. The first-order valence-corrected chi connectivity index (χ1v) is 7.76. The third-order valence-corrected chi connectivity index (χ3v) is 5.25. The van der Waals surface area contributed by atoms with Gasteiger partial charge in [-0.05, 0) is 0 Å². The van der Waals surface area contributed by atoms with Crippen molar-refractivity contribution in [3.63, 3.8) is 0 Å². The molecule has 1 aromatic heterocycles. The van der Waals surface area contributed by atoms with Crippen LogP contribution in [-0.4, -0.2) is 44.9 Å². The second kappa shape index (κ2) is 6.81. The Balaban J connectivity index is 1.82. The lowest BCUT2D eigenvalue weighted by Crippen LogP contribution is -2.33. The van der Waals surface area contributed by atoms with Crippen LogP contribution in [0.5, 0.6) is 0 Å². The van der Waals surface area contributed by atoms with E-state index in [0.29, 0.717) is 23.3 Å². The molecule has 1 amide bonds. The maximum absolute atomic E-state index is 11.8. The van der Waals surface area contributed by atoms with Gasteiger partial charge >= 0.3 is 0 Å². The molecule has 0 saturated carbocycles. The number of carbonyl (C=O) groups is 1. The number of nitrogens with zero attached hydrogens (tertiary/aromatic N) is 2. The van der Waals surface area contributed by atoms with Crippen LogP contribution >= 0.6 is 23.5 Å². The first-order chi connectivity index (χ1) is 8.79. The van der Waals surface area contributed by atoms with Crippen molar-refractivity contribution in [3.05, 3.63) is 18.1 Å². The topological polar surface area (TPSA) is 92.9 Å². The summed E-state index contributed by atoms with van der Waals surface area (Å²) in [4.78, 5) is 19.7. The fourth-order valence-corrected chi connectivity index (χ4v) is 4.08. The molecule has 8 heteroatoms. The highest BCUT2D eigenvalue weighted by Crippen LogP contribution is 2.23. The van der Waals surface area contributed by atoms with Crippen LogP contribution in [0, 0.1) is 0 Å². The van der Waals surface area contributed by atoms with Crippen LogP contribution in [0.25, 0.3) is 0 Å². The first kappa shape index (κ1) is 13.4. The number of aromatic nitrogens is 2. The summed E-state index contributed by atoms with van der Waals surface area (Å²) < 4.78 is 0. The molecule has 1 aliphatic heterocycles. The van der Waals surface area contributed by atoms with Crippen molar-refractivity contribution in [2.75, 3.05) is 29.2 Å². The second-order valence-corrected chi connectivity index (χ2v) is 6.27. The quantitative estimate of drug-likeness (QED) is 0.542. The van der Waals surface area contributed by atoms with E-state index in [1.807, 2.05) is 23.5 Å². The summed E-state index contributed by atoms with van der Waals surface area (Å²) in [5.41, 5.74) is 2.67. The molecule has 6 nitrogen and oxygen atoms in total. The van der Waals surface area contributed by atoms with Crippen LogP contribution in [0.1, 0.15) is 10.5 Å². The lowest BCUT2D eigenvalue weighted by atomic mass is 10.4. The standard InChI is InChI=1S/C10H15N5OS2/c11-15-9-5-12-8(4-13-9)10(16)14-3-7-6-17-1-2-18-7/h4-5,7H,1-3,6,11H2,(H,13,15)(H,14,16). The predicted molar refractivity (Wildman–Crippen MR) is 75.7 cm³/mol. The third-order valence-electron chi connectivity index (χ3n) is 2.41. The zero-order chi connectivity index (χ0) is 12.8. The van der Waals surface area contributed by atoms with E-state index >= 15 is 0 Å². The fourth-order valence-electron chi connectivity index (χ4n) is 1.47. The van der Waals surface area contributed by atoms with Gasteiger partial charge < -0.3 is 10.7 Å². The van der Waals surface area contributed by atoms with Gasteiger partial charge in [0.1, 0.15) is 5.69 Å². The van der Waals surface area contributed by atoms with Crippen molar-refractivity contribution < 1.29 is 4.79 Å². The number of hydrogen-bond donors (Lipinski definition) is 3. The van der Waals surface area contributed by atoms with Gasteiger partial charge in [-0.2, -0.15) is 23.5 Å². The SMILES string of the molecule is NNc1cnc(C(=O)NCC2CSCCS2)cn1. The molecule has 1 saturated heterocycles. The summed E-state index contributed by atoms with van der Waals surface area (Å²) in [6.45, 7) is 0.676. The minimum atomic E-state index is -0.192. The van der Waals surface area contributed by atoms with Crippen molar-refractivity contribution in [1.82, 2.24) is 15.3 Å². The van der Waals surface area contributed by atoms with E-state index in [1.54, 1.807) is 0 Å². The number of carbonyl (C=O) groups excluding carboxylic acids is 1. The summed E-state index contributed by atoms with van der Waals surface area (Å²) in [5, 5.41) is 3.37. The highest BCUT2D eigenvalue weighted by atomic mass is 32.2. The van der Waals surface area contributed by atoms with Gasteiger partial charge in [-0.25, -0.2) is 15.8 Å². The predicted octanol–water partition coefficient (Wildman–Crippen LogP) is 0.341. The highest BCUT2D eigenvalue weighted by Gasteiger charge is 2.16. The minimum Gasteiger partial charge on any atom is -0.350 e. The molecule has 18 heavy (non-hydrogen) atoms. The second-order valence-electron chi connectivity index (χ2n) is 3.71. The van der Waals surface area contributed by atoms with E-state index in [0.717, 1.165) is 11.5 Å². The molecule has 1 aliphatic rings. The average Bonchev–Trinajstić information content (AvgIpc) is 2.46. The van der Waals surface area contributed by atoms with Gasteiger partial charge in [-0.15, -0.1) is 0 Å². The zero-order valence-electron chi connectivity index (χ0n) is 9.76.